The first-order valence-corrected chi connectivity index (χ1v) is 9.57. The highest BCUT2D eigenvalue weighted by atomic mass is 16.6. The lowest BCUT2D eigenvalue weighted by Crippen LogP contribution is -2.42. The van der Waals surface area contributed by atoms with Gasteiger partial charge in [-0.3, -0.25) is 10.1 Å². The number of ether oxygens (including phenoxy) is 2. The molecule has 0 aromatic heterocycles. The van der Waals surface area contributed by atoms with Crippen LogP contribution in [-0.4, -0.2) is 29.6 Å². The Morgan fingerprint density at radius 3 is 2.23 bits per heavy atom. The summed E-state index contributed by atoms with van der Waals surface area (Å²) in [6.45, 7) is 0.494. The predicted molar refractivity (Wildman–Crippen MR) is 109 cm³/mol. The number of nitro groups is 1. The molecular formula is C21H25N3O6. The average Bonchev–Trinajstić information content (AvgIpc) is 2.76. The standard InChI is InChI=1S/C21H25N3O6/c22-13-5-4-8-19(23-21(26)30-15-16-6-2-1-3-7-16)20(25)29-14-17-9-11-18(12-10-17)24(27)28/h1-3,6-7,9-12,19H,4-5,8,13-15,22H2,(H,23,26)/t19-/m1/s1. The van der Waals surface area contributed by atoms with E-state index in [2.05, 4.69) is 5.32 Å². The molecule has 1 amide bonds. The Labute approximate surface area is 174 Å². The zero-order chi connectivity index (χ0) is 21.8. The van der Waals surface area contributed by atoms with Crippen molar-refractivity contribution in [1.82, 2.24) is 5.32 Å². The van der Waals surface area contributed by atoms with Gasteiger partial charge >= 0.3 is 12.1 Å². The summed E-state index contributed by atoms with van der Waals surface area (Å²) in [5.74, 6) is -0.609. The number of hydrogen-bond acceptors (Lipinski definition) is 7. The van der Waals surface area contributed by atoms with Crippen molar-refractivity contribution in [3.63, 3.8) is 0 Å². The number of nitrogens with one attached hydrogen (secondary N) is 1. The van der Waals surface area contributed by atoms with Gasteiger partial charge in [-0.1, -0.05) is 30.3 Å². The van der Waals surface area contributed by atoms with E-state index in [-0.39, 0.29) is 18.9 Å². The second kappa shape index (κ2) is 12.2. The molecule has 0 fully saturated rings. The highest BCUT2D eigenvalue weighted by Crippen LogP contribution is 2.13. The first-order valence-electron chi connectivity index (χ1n) is 9.57. The molecular weight excluding hydrogens is 390 g/mol. The van der Waals surface area contributed by atoms with Gasteiger partial charge in [-0.15, -0.1) is 0 Å². The van der Waals surface area contributed by atoms with Gasteiger partial charge in [-0.05, 0) is 49.1 Å². The molecule has 30 heavy (non-hydrogen) atoms. The highest BCUT2D eigenvalue weighted by molar-refractivity contribution is 5.81. The molecule has 160 valence electrons. The monoisotopic (exact) mass is 415 g/mol. The van der Waals surface area contributed by atoms with E-state index < -0.39 is 23.0 Å². The first-order chi connectivity index (χ1) is 14.5. The van der Waals surface area contributed by atoms with E-state index in [0.717, 1.165) is 5.56 Å². The van der Waals surface area contributed by atoms with Crippen LogP contribution in [0.2, 0.25) is 0 Å². The van der Waals surface area contributed by atoms with Crippen LogP contribution in [-0.2, 0) is 27.5 Å². The van der Waals surface area contributed by atoms with Crippen molar-refractivity contribution in [3.05, 3.63) is 75.8 Å². The van der Waals surface area contributed by atoms with Crippen LogP contribution in [0.15, 0.2) is 54.6 Å². The Kier molecular flexibility index (Phi) is 9.26. The van der Waals surface area contributed by atoms with Gasteiger partial charge in [0.15, 0.2) is 0 Å². The van der Waals surface area contributed by atoms with Crippen molar-refractivity contribution in [2.75, 3.05) is 6.54 Å². The van der Waals surface area contributed by atoms with Gasteiger partial charge in [0.1, 0.15) is 19.3 Å². The number of nitrogens with two attached hydrogens (primary N) is 1. The quantitative estimate of drug-likeness (QED) is 0.249. The molecule has 9 nitrogen and oxygen atoms in total. The highest BCUT2D eigenvalue weighted by Gasteiger charge is 2.23. The van der Waals surface area contributed by atoms with E-state index in [1.54, 1.807) is 0 Å². The van der Waals surface area contributed by atoms with Crippen molar-refractivity contribution in [2.45, 2.75) is 38.5 Å². The summed E-state index contributed by atoms with van der Waals surface area (Å²) in [6.07, 6.45) is 0.972. The van der Waals surface area contributed by atoms with Crippen LogP contribution in [0, 0.1) is 10.1 Å². The van der Waals surface area contributed by atoms with Gasteiger partial charge in [-0.2, -0.15) is 0 Å². The summed E-state index contributed by atoms with van der Waals surface area (Å²) in [5, 5.41) is 13.2. The first kappa shape index (κ1) is 22.8. The maximum absolute atomic E-state index is 12.5. The number of esters is 1. The maximum Gasteiger partial charge on any atom is 0.408 e. The predicted octanol–water partition coefficient (Wildman–Crippen LogP) is 3.06. The molecule has 0 aliphatic heterocycles. The number of carbonyl (C=O) groups excluding carboxylic acids is 2. The lowest BCUT2D eigenvalue weighted by Gasteiger charge is -2.17. The second-order valence-corrected chi connectivity index (χ2v) is 6.57. The normalized spacial score (nSPS) is 11.4. The molecule has 2 aromatic rings. The molecule has 0 aliphatic rings. The number of hydrogen-bond donors (Lipinski definition) is 2. The third-order valence-corrected chi connectivity index (χ3v) is 4.26. The molecule has 2 aromatic carbocycles. The molecule has 0 radical (unpaired) electrons. The minimum Gasteiger partial charge on any atom is -0.459 e. The van der Waals surface area contributed by atoms with Crippen molar-refractivity contribution < 1.29 is 24.0 Å². The van der Waals surface area contributed by atoms with Gasteiger partial charge in [-0.25, -0.2) is 9.59 Å². The van der Waals surface area contributed by atoms with Crippen molar-refractivity contribution in [2.24, 2.45) is 5.73 Å². The van der Waals surface area contributed by atoms with Crippen LogP contribution >= 0.6 is 0 Å². The maximum atomic E-state index is 12.5. The summed E-state index contributed by atoms with van der Waals surface area (Å²) in [4.78, 5) is 34.8. The van der Waals surface area contributed by atoms with Gasteiger partial charge in [0.05, 0.1) is 4.92 Å². The minimum absolute atomic E-state index is 0.0486. The van der Waals surface area contributed by atoms with E-state index in [1.165, 1.54) is 24.3 Å². The molecule has 0 bridgehead atoms. The summed E-state index contributed by atoms with van der Waals surface area (Å²) in [7, 11) is 0. The smallest absolute Gasteiger partial charge is 0.408 e. The number of rotatable bonds is 11. The van der Waals surface area contributed by atoms with Crippen molar-refractivity contribution in [3.8, 4) is 0 Å². The van der Waals surface area contributed by atoms with Gasteiger partial charge < -0.3 is 20.5 Å². The Hall–Kier alpha value is -3.46. The van der Waals surface area contributed by atoms with Crippen molar-refractivity contribution >= 4 is 17.7 Å². The Bertz CT molecular complexity index is 826. The van der Waals surface area contributed by atoms with Gasteiger partial charge in [0.25, 0.3) is 5.69 Å². The van der Waals surface area contributed by atoms with Crippen molar-refractivity contribution in [1.29, 1.82) is 0 Å². The molecule has 0 spiro atoms. The topological polar surface area (TPSA) is 134 Å². The van der Waals surface area contributed by atoms with E-state index >= 15 is 0 Å². The van der Waals surface area contributed by atoms with Gasteiger partial charge in [0.2, 0.25) is 0 Å². The number of benzene rings is 2. The van der Waals surface area contributed by atoms with Crippen LogP contribution in [0.4, 0.5) is 10.5 Å². The lowest BCUT2D eigenvalue weighted by atomic mass is 10.1. The summed E-state index contributed by atoms with van der Waals surface area (Å²) >= 11 is 0. The summed E-state index contributed by atoms with van der Waals surface area (Å²) < 4.78 is 10.4. The minimum atomic E-state index is -0.877. The fourth-order valence-electron chi connectivity index (χ4n) is 2.62. The third-order valence-electron chi connectivity index (χ3n) is 4.26. The molecule has 0 unspecified atom stereocenters. The molecule has 9 heteroatoms. The van der Waals surface area contributed by atoms with Crippen LogP contribution in [0.5, 0.6) is 0 Å². The largest absolute Gasteiger partial charge is 0.459 e. The molecule has 0 heterocycles. The van der Waals surface area contributed by atoms with Crippen LogP contribution in [0.25, 0.3) is 0 Å². The third kappa shape index (κ3) is 7.88. The second-order valence-electron chi connectivity index (χ2n) is 6.57. The summed E-state index contributed by atoms with van der Waals surface area (Å²) in [5.41, 5.74) is 6.87. The lowest BCUT2D eigenvalue weighted by molar-refractivity contribution is -0.384. The SMILES string of the molecule is NCCCC[C@@H](NC(=O)OCc1ccccc1)C(=O)OCc1ccc([N+](=O)[O-])cc1. The number of non-ortho nitro benzene ring substituents is 1. The Morgan fingerprint density at radius 2 is 1.60 bits per heavy atom. The number of alkyl carbamates (subject to hydrolysis) is 1. The van der Waals surface area contributed by atoms with E-state index in [1.807, 2.05) is 30.3 Å². The van der Waals surface area contributed by atoms with Crippen LogP contribution in [0.1, 0.15) is 30.4 Å². The molecule has 1 atom stereocenters. The Balaban J connectivity index is 1.88. The number of nitrogens with zero attached hydrogens (tertiary/aromatic N) is 1. The number of amides is 1. The average molecular weight is 415 g/mol. The van der Waals surface area contributed by atoms with Crippen LogP contribution < -0.4 is 11.1 Å². The fraction of sp³-hybridized carbons (Fsp3) is 0.333. The number of nitro benzene ring substituents is 1. The zero-order valence-electron chi connectivity index (χ0n) is 16.5. The zero-order valence-corrected chi connectivity index (χ0v) is 16.5. The summed E-state index contributed by atoms with van der Waals surface area (Å²) in [6, 6.07) is 14.0. The van der Waals surface area contributed by atoms with E-state index in [4.69, 9.17) is 15.2 Å². The fourth-order valence-corrected chi connectivity index (χ4v) is 2.62. The molecule has 0 saturated carbocycles. The van der Waals surface area contributed by atoms with E-state index in [0.29, 0.717) is 31.4 Å². The number of carbonyl (C=O) groups is 2. The molecule has 0 saturated heterocycles. The molecule has 3 N–H and O–H groups in total. The molecule has 2 rings (SSSR count). The van der Waals surface area contributed by atoms with E-state index in [9.17, 15) is 19.7 Å². The van der Waals surface area contributed by atoms with Gasteiger partial charge in [0, 0.05) is 12.1 Å². The molecule has 0 aliphatic carbocycles. The van der Waals surface area contributed by atoms with Crippen LogP contribution in [0.3, 0.4) is 0 Å². The Morgan fingerprint density at radius 1 is 0.967 bits per heavy atom. The number of unbranched alkanes of at least 4 members (excludes halogenated alkanes) is 1.